The Labute approximate surface area is 189 Å². The van der Waals surface area contributed by atoms with E-state index in [2.05, 4.69) is 5.92 Å². The zero-order valence-corrected chi connectivity index (χ0v) is 18.7. The Hall–Kier alpha value is -2.85. The van der Waals surface area contributed by atoms with Gasteiger partial charge in [0.25, 0.3) is 0 Å². The van der Waals surface area contributed by atoms with E-state index < -0.39 is 23.8 Å². The summed E-state index contributed by atoms with van der Waals surface area (Å²) < 4.78 is 43.7. The smallest absolute Gasteiger partial charge is 0.416 e. The molecule has 2 unspecified atom stereocenters. The molecule has 0 aliphatic carbocycles. The van der Waals surface area contributed by atoms with Crippen LogP contribution in [-0.2, 0) is 15.7 Å². The number of cyclic esters (lactones) is 1. The molecular weight excluding hydrogens is 437 g/mol. The third-order valence-electron chi connectivity index (χ3n) is 5.36. The number of benzene rings is 2. The van der Waals surface area contributed by atoms with Gasteiger partial charge in [0.15, 0.2) is 0 Å². The van der Waals surface area contributed by atoms with Crippen LogP contribution in [0.4, 0.5) is 13.2 Å². The van der Waals surface area contributed by atoms with Gasteiger partial charge in [-0.2, -0.15) is 13.2 Å². The number of ether oxygens (including phenoxy) is 1. The van der Waals surface area contributed by atoms with E-state index in [-0.39, 0.29) is 23.7 Å². The first-order chi connectivity index (χ1) is 15.0. The van der Waals surface area contributed by atoms with Gasteiger partial charge in [-0.05, 0) is 55.3 Å². The Morgan fingerprint density at radius 2 is 1.91 bits per heavy atom. The molecule has 32 heavy (non-hydrogen) atoms. The summed E-state index contributed by atoms with van der Waals surface area (Å²) in [6, 6.07) is 8.60. The standard InChI is InChI=1S/C25H23F3O3S/c1-5-17-11-14(2)10-15(3)22(17)23-20(29)12-21(31-24(23)30)16(4)13-32-19-8-6-18(7-9-19)25(26,27)28/h1,6-11,16,21,29H,12-13H2,2-4H3. The number of alkyl halides is 3. The largest absolute Gasteiger partial charge is 0.511 e. The molecule has 1 aliphatic rings. The first kappa shape index (κ1) is 23.8. The second-order valence-electron chi connectivity index (χ2n) is 7.93. The van der Waals surface area contributed by atoms with Gasteiger partial charge in [0, 0.05) is 34.1 Å². The summed E-state index contributed by atoms with van der Waals surface area (Å²) in [5.74, 6) is 2.24. The number of hydrogen-bond acceptors (Lipinski definition) is 4. The molecule has 1 N–H and O–H groups in total. The second kappa shape index (κ2) is 9.33. The molecule has 0 saturated carbocycles. The van der Waals surface area contributed by atoms with Crippen molar-refractivity contribution >= 4 is 23.3 Å². The maximum absolute atomic E-state index is 12.8. The average Bonchev–Trinajstić information content (AvgIpc) is 2.72. The predicted octanol–water partition coefficient (Wildman–Crippen LogP) is 6.32. The molecule has 3 rings (SSSR count). The topological polar surface area (TPSA) is 46.5 Å². The first-order valence-electron chi connectivity index (χ1n) is 10.0. The molecule has 0 amide bonds. The van der Waals surface area contributed by atoms with E-state index in [1.54, 1.807) is 6.07 Å². The lowest BCUT2D eigenvalue weighted by Gasteiger charge is -2.29. The van der Waals surface area contributed by atoms with Crippen molar-refractivity contribution < 1.29 is 27.8 Å². The van der Waals surface area contributed by atoms with Crippen LogP contribution in [0.5, 0.6) is 0 Å². The van der Waals surface area contributed by atoms with E-state index in [0.717, 1.165) is 23.3 Å². The number of rotatable bonds is 5. The third kappa shape index (κ3) is 5.13. The van der Waals surface area contributed by atoms with E-state index in [9.17, 15) is 23.1 Å². The van der Waals surface area contributed by atoms with Gasteiger partial charge < -0.3 is 9.84 Å². The highest BCUT2D eigenvalue weighted by Crippen LogP contribution is 2.36. The predicted molar refractivity (Wildman–Crippen MR) is 119 cm³/mol. The van der Waals surface area contributed by atoms with Gasteiger partial charge in [-0.25, -0.2) is 4.79 Å². The molecule has 168 valence electrons. The minimum Gasteiger partial charge on any atom is -0.511 e. The second-order valence-corrected chi connectivity index (χ2v) is 9.02. The Morgan fingerprint density at radius 1 is 1.25 bits per heavy atom. The van der Waals surface area contributed by atoms with E-state index in [1.165, 1.54) is 23.9 Å². The van der Waals surface area contributed by atoms with E-state index >= 15 is 0 Å². The Bertz CT molecular complexity index is 1100. The number of aliphatic hydroxyl groups excluding tert-OH is 1. The van der Waals surface area contributed by atoms with Gasteiger partial charge in [0.1, 0.15) is 17.4 Å². The molecule has 1 aliphatic heterocycles. The molecule has 7 heteroatoms. The lowest BCUT2D eigenvalue weighted by atomic mass is 9.89. The van der Waals surface area contributed by atoms with Crippen molar-refractivity contribution in [1.82, 2.24) is 0 Å². The van der Waals surface area contributed by atoms with Crippen molar-refractivity contribution in [1.29, 1.82) is 0 Å². The quantitative estimate of drug-likeness (QED) is 0.322. The molecule has 0 bridgehead atoms. The number of carbonyl (C=O) groups excluding carboxylic acids is 1. The van der Waals surface area contributed by atoms with Crippen molar-refractivity contribution in [2.75, 3.05) is 5.75 Å². The van der Waals surface area contributed by atoms with Crippen LogP contribution in [0.1, 0.15) is 41.2 Å². The molecule has 2 aromatic carbocycles. The summed E-state index contributed by atoms with van der Waals surface area (Å²) in [5, 5.41) is 10.7. The molecule has 2 atom stereocenters. The zero-order valence-electron chi connectivity index (χ0n) is 17.9. The normalized spacial score (nSPS) is 17.7. The van der Waals surface area contributed by atoms with Crippen LogP contribution in [-0.4, -0.2) is 22.9 Å². The van der Waals surface area contributed by atoms with Crippen molar-refractivity contribution in [2.24, 2.45) is 5.92 Å². The number of terminal acetylenes is 1. The summed E-state index contributed by atoms with van der Waals surface area (Å²) in [5.41, 5.74) is 2.15. The molecule has 1 heterocycles. The van der Waals surface area contributed by atoms with Gasteiger partial charge in [0.05, 0.1) is 5.56 Å². The van der Waals surface area contributed by atoms with Crippen LogP contribution in [0.25, 0.3) is 5.57 Å². The lowest BCUT2D eigenvalue weighted by Crippen LogP contribution is -2.32. The number of aryl methyl sites for hydroxylation is 2. The van der Waals surface area contributed by atoms with Gasteiger partial charge in [-0.3, -0.25) is 0 Å². The number of carbonyl (C=O) groups is 1. The average molecular weight is 461 g/mol. The highest BCUT2D eigenvalue weighted by molar-refractivity contribution is 7.99. The first-order valence-corrected chi connectivity index (χ1v) is 11.0. The molecule has 0 spiro atoms. The minimum atomic E-state index is -4.37. The van der Waals surface area contributed by atoms with E-state index in [1.807, 2.05) is 26.8 Å². The van der Waals surface area contributed by atoms with Gasteiger partial charge in [-0.1, -0.05) is 18.9 Å². The Balaban J connectivity index is 1.73. The third-order valence-corrected chi connectivity index (χ3v) is 6.66. The number of aliphatic hydroxyl groups is 1. The molecule has 0 fully saturated rings. The van der Waals surface area contributed by atoms with Crippen molar-refractivity contribution in [3.8, 4) is 12.3 Å². The SMILES string of the molecule is C#Cc1cc(C)cc(C)c1C1=C(O)CC(C(C)CSc2ccc(C(F)(F)F)cc2)OC1=O. The van der Waals surface area contributed by atoms with Crippen molar-refractivity contribution in [2.45, 2.75) is 44.4 Å². The highest BCUT2D eigenvalue weighted by atomic mass is 32.2. The van der Waals surface area contributed by atoms with Crippen LogP contribution in [0.15, 0.2) is 47.1 Å². The minimum absolute atomic E-state index is 0.0684. The van der Waals surface area contributed by atoms with E-state index in [4.69, 9.17) is 11.2 Å². The molecule has 3 nitrogen and oxygen atoms in total. The van der Waals surface area contributed by atoms with Crippen molar-refractivity contribution in [3.63, 3.8) is 0 Å². The molecular formula is C25H23F3O3S. The number of thioether (sulfide) groups is 1. The zero-order chi connectivity index (χ0) is 23.6. The number of hydrogen-bond donors (Lipinski definition) is 1. The molecule has 0 saturated heterocycles. The monoisotopic (exact) mass is 460 g/mol. The summed E-state index contributed by atoms with van der Waals surface area (Å²) in [6.07, 6.45) is 0.844. The molecule has 0 aromatic heterocycles. The van der Waals surface area contributed by atoms with E-state index in [0.29, 0.717) is 21.8 Å². The van der Waals surface area contributed by atoms with Gasteiger partial charge >= 0.3 is 12.1 Å². The van der Waals surface area contributed by atoms with Gasteiger partial charge in [-0.15, -0.1) is 18.2 Å². The van der Waals surface area contributed by atoms with Crippen LogP contribution < -0.4 is 0 Å². The lowest BCUT2D eigenvalue weighted by molar-refractivity contribution is -0.145. The summed E-state index contributed by atoms with van der Waals surface area (Å²) in [7, 11) is 0. The van der Waals surface area contributed by atoms with Gasteiger partial charge in [0.2, 0.25) is 0 Å². The summed E-state index contributed by atoms with van der Waals surface area (Å²) >= 11 is 1.37. The Kier molecular flexibility index (Phi) is 6.94. The number of halogens is 3. The maximum atomic E-state index is 12.8. The maximum Gasteiger partial charge on any atom is 0.416 e. The van der Waals surface area contributed by atoms with Crippen molar-refractivity contribution in [3.05, 3.63) is 70.0 Å². The fraction of sp³-hybridized carbons (Fsp3) is 0.320. The number of esters is 1. The molecule has 0 radical (unpaired) electrons. The molecule has 2 aromatic rings. The summed E-state index contributed by atoms with van der Waals surface area (Å²) in [6.45, 7) is 5.60. The highest BCUT2D eigenvalue weighted by Gasteiger charge is 2.35. The fourth-order valence-electron chi connectivity index (χ4n) is 3.70. The Morgan fingerprint density at radius 3 is 2.47 bits per heavy atom. The van der Waals surface area contributed by atoms with Crippen LogP contribution in [0, 0.1) is 32.1 Å². The van der Waals surface area contributed by atoms with Crippen LogP contribution >= 0.6 is 11.8 Å². The summed E-state index contributed by atoms with van der Waals surface area (Å²) in [4.78, 5) is 13.5. The van der Waals surface area contributed by atoms with Crippen LogP contribution in [0.2, 0.25) is 0 Å². The van der Waals surface area contributed by atoms with Crippen LogP contribution in [0.3, 0.4) is 0 Å². The fourth-order valence-corrected chi connectivity index (χ4v) is 4.70.